The van der Waals surface area contributed by atoms with E-state index in [1.165, 1.54) is 6.07 Å². The second-order valence-electron chi connectivity index (χ2n) is 5.29. The zero-order valence-corrected chi connectivity index (χ0v) is 14.0. The van der Waals surface area contributed by atoms with E-state index in [0.29, 0.717) is 38.4 Å². The van der Waals surface area contributed by atoms with Gasteiger partial charge in [0, 0.05) is 38.4 Å². The molecule has 1 heterocycles. The van der Waals surface area contributed by atoms with Crippen LogP contribution in [0.4, 0.5) is 23.2 Å². The highest BCUT2D eigenvalue weighted by molar-refractivity contribution is 8.93. The van der Waals surface area contributed by atoms with E-state index in [2.05, 4.69) is 0 Å². The monoisotopic (exact) mass is 402 g/mol. The number of hydrogen-bond acceptors (Lipinski definition) is 4. The summed E-state index contributed by atoms with van der Waals surface area (Å²) >= 11 is 0. The molecule has 1 unspecified atom stereocenters. The van der Waals surface area contributed by atoms with Gasteiger partial charge in [-0.25, -0.2) is 4.39 Å². The molecule has 0 amide bonds. The van der Waals surface area contributed by atoms with Gasteiger partial charge >= 0.3 is 6.18 Å². The number of halogens is 5. The fourth-order valence-electron chi connectivity index (χ4n) is 2.47. The van der Waals surface area contributed by atoms with E-state index < -0.39 is 23.7 Å². The van der Waals surface area contributed by atoms with Crippen molar-refractivity contribution in [1.82, 2.24) is 4.90 Å². The molecular weight excluding hydrogens is 384 g/mol. The first-order valence-corrected chi connectivity index (χ1v) is 6.94. The molecule has 4 nitrogen and oxygen atoms in total. The quantitative estimate of drug-likeness (QED) is 0.755. The van der Waals surface area contributed by atoms with E-state index in [-0.39, 0.29) is 23.6 Å². The van der Waals surface area contributed by atoms with Crippen LogP contribution in [0.25, 0.3) is 0 Å². The first-order chi connectivity index (χ1) is 10.3. The molecule has 1 fully saturated rings. The lowest BCUT2D eigenvalue weighted by Gasteiger charge is -2.37. The summed E-state index contributed by atoms with van der Waals surface area (Å²) in [5.74, 6) is -1.28. The number of nitrogens with zero attached hydrogens (tertiary/aromatic N) is 2. The largest absolute Gasteiger partial charge is 0.419 e. The van der Waals surface area contributed by atoms with Gasteiger partial charge in [0.05, 0.1) is 18.3 Å². The first-order valence-electron chi connectivity index (χ1n) is 6.94. The molecule has 2 rings (SSSR count). The van der Waals surface area contributed by atoms with Crippen LogP contribution in [0.3, 0.4) is 0 Å². The van der Waals surface area contributed by atoms with Crippen molar-refractivity contribution < 1.29 is 27.8 Å². The van der Waals surface area contributed by atoms with Crippen LogP contribution < -0.4 is 4.90 Å². The zero-order valence-electron chi connectivity index (χ0n) is 12.3. The molecule has 0 spiro atoms. The summed E-state index contributed by atoms with van der Waals surface area (Å²) < 4.78 is 51.4. The van der Waals surface area contributed by atoms with E-state index in [1.807, 2.05) is 4.90 Å². The van der Waals surface area contributed by atoms with Gasteiger partial charge in [-0.15, -0.1) is 17.0 Å². The molecule has 2 N–H and O–H groups in total. The third-order valence-corrected chi connectivity index (χ3v) is 3.67. The fourth-order valence-corrected chi connectivity index (χ4v) is 2.47. The third-order valence-electron chi connectivity index (χ3n) is 3.67. The number of anilines is 1. The summed E-state index contributed by atoms with van der Waals surface area (Å²) in [5, 5.41) is 18.2. The van der Waals surface area contributed by atoms with Crippen molar-refractivity contribution in [2.75, 3.05) is 44.2 Å². The Morgan fingerprint density at radius 2 is 1.74 bits per heavy atom. The van der Waals surface area contributed by atoms with Crippen LogP contribution in [-0.4, -0.2) is 60.5 Å². The number of β-amino-alcohol motifs (C(OH)–C–C–N with tert-alkyl or cyclic N) is 1. The smallest absolute Gasteiger partial charge is 0.394 e. The zero-order chi connectivity index (χ0) is 16.3. The van der Waals surface area contributed by atoms with Crippen molar-refractivity contribution in [3.63, 3.8) is 0 Å². The number of hydrogen-bond donors (Lipinski definition) is 2. The fraction of sp³-hybridized carbons (Fsp3) is 0.571. The first kappa shape index (κ1) is 20.1. The van der Waals surface area contributed by atoms with Crippen LogP contribution in [0.15, 0.2) is 18.2 Å². The number of aliphatic hydroxyl groups excluding tert-OH is 2. The lowest BCUT2D eigenvalue weighted by atomic mass is 10.1. The minimum Gasteiger partial charge on any atom is -0.394 e. The molecule has 132 valence electrons. The second kappa shape index (κ2) is 8.27. The van der Waals surface area contributed by atoms with Gasteiger partial charge in [-0.2, -0.15) is 13.2 Å². The molecule has 1 aromatic carbocycles. The standard InChI is InChI=1S/C14H18F4N2O2.BrH/c15-13-2-1-10(7-12(13)14(16,17)18)20-5-3-19(4-6-20)8-11(22)9-21;/h1-2,7,11,21-22H,3-6,8-9H2;1H. The van der Waals surface area contributed by atoms with Crippen molar-refractivity contribution in [2.45, 2.75) is 12.3 Å². The summed E-state index contributed by atoms with van der Waals surface area (Å²) in [4.78, 5) is 3.67. The van der Waals surface area contributed by atoms with E-state index in [9.17, 15) is 22.7 Å². The van der Waals surface area contributed by atoms with E-state index in [4.69, 9.17) is 5.11 Å². The molecule has 23 heavy (non-hydrogen) atoms. The van der Waals surface area contributed by atoms with Crippen molar-refractivity contribution in [3.8, 4) is 0 Å². The lowest BCUT2D eigenvalue weighted by Crippen LogP contribution is -2.49. The Labute approximate surface area is 142 Å². The Morgan fingerprint density at radius 1 is 1.13 bits per heavy atom. The highest BCUT2D eigenvalue weighted by Gasteiger charge is 2.34. The normalized spacial score (nSPS) is 17.7. The van der Waals surface area contributed by atoms with Gasteiger partial charge in [0.2, 0.25) is 0 Å². The highest BCUT2D eigenvalue weighted by atomic mass is 79.9. The molecule has 1 saturated heterocycles. The molecule has 1 aromatic rings. The highest BCUT2D eigenvalue weighted by Crippen LogP contribution is 2.34. The number of rotatable bonds is 4. The van der Waals surface area contributed by atoms with Crippen molar-refractivity contribution in [2.24, 2.45) is 0 Å². The molecule has 0 radical (unpaired) electrons. The van der Waals surface area contributed by atoms with Crippen LogP contribution >= 0.6 is 17.0 Å². The number of alkyl halides is 3. The average molecular weight is 403 g/mol. The maximum absolute atomic E-state index is 13.3. The van der Waals surface area contributed by atoms with Gasteiger partial charge in [-0.05, 0) is 18.2 Å². The van der Waals surface area contributed by atoms with Crippen LogP contribution in [0, 0.1) is 5.82 Å². The molecule has 0 aromatic heterocycles. The number of aliphatic hydroxyl groups is 2. The van der Waals surface area contributed by atoms with Gasteiger partial charge in [-0.1, -0.05) is 0 Å². The van der Waals surface area contributed by atoms with Crippen LogP contribution in [0.5, 0.6) is 0 Å². The van der Waals surface area contributed by atoms with Crippen molar-refractivity contribution in [3.05, 3.63) is 29.6 Å². The van der Waals surface area contributed by atoms with Crippen LogP contribution in [-0.2, 0) is 6.18 Å². The van der Waals surface area contributed by atoms with E-state index in [1.54, 1.807) is 4.90 Å². The Bertz CT molecular complexity index is 508. The summed E-state index contributed by atoms with van der Waals surface area (Å²) in [5.41, 5.74) is -0.931. The molecule has 9 heteroatoms. The molecule has 0 aliphatic carbocycles. The molecule has 0 saturated carbocycles. The third kappa shape index (κ3) is 5.30. The second-order valence-corrected chi connectivity index (χ2v) is 5.29. The van der Waals surface area contributed by atoms with E-state index >= 15 is 0 Å². The Morgan fingerprint density at radius 3 is 2.26 bits per heavy atom. The molecule has 0 bridgehead atoms. The molecule has 1 atom stereocenters. The molecule has 1 aliphatic rings. The average Bonchev–Trinajstić information content (AvgIpc) is 2.47. The van der Waals surface area contributed by atoms with Gasteiger partial charge in [0.15, 0.2) is 0 Å². The number of benzene rings is 1. The lowest BCUT2D eigenvalue weighted by molar-refractivity contribution is -0.139. The van der Waals surface area contributed by atoms with E-state index in [0.717, 1.165) is 12.1 Å². The predicted molar refractivity (Wildman–Crippen MR) is 83.5 cm³/mol. The maximum atomic E-state index is 13.3. The van der Waals surface area contributed by atoms with Crippen LogP contribution in [0.1, 0.15) is 5.56 Å². The predicted octanol–water partition coefficient (Wildman–Crippen LogP) is 1.90. The van der Waals surface area contributed by atoms with Gasteiger partial charge in [0.1, 0.15) is 5.82 Å². The van der Waals surface area contributed by atoms with Crippen molar-refractivity contribution in [1.29, 1.82) is 0 Å². The Kier molecular flexibility index (Phi) is 7.25. The van der Waals surface area contributed by atoms with Crippen molar-refractivity contribution >= 4 is 22.7 Å². The van der Waals surface area contributed by atoms with Gasteiger partial charge in [-0.3, -0.25) is 4.90 Å². The summed E-state index contributed by atoms with van der Waals surface area (Å²) in [7, 11) is 0. The topological polar surface area (TPSA) is 46.9 Å². The summed E-state index contributed by atoms with van der Waals surface area (Å²) in [6, 6.07) is 3.00. The van der Waals surface area contributed by atoms with Gasteiger partial charge < -0.3 is 15.1 Å². The SMILES string of the molecule is Br.OCC(O)CN1CCN(c2ccc(F)c(C(F)(F)F)c2)CC1. The Balaban J connectivity index is 0.00000264. The maximum Gasteiger partial charge on any atom is 0.419 e. The summed E-state index contributed by atoms with van der Waals surface area (Å²) in [6.45, 7) is 2.04. The summed E-state index contributed by atoms with van der Waals surface area (Å²) in [6.07, 6.45) is -5.54. The Hall–Kier alpha value is -0.900. The minimum absolute atomic E-state index is 0. The van der Waals surface area contributed by atoms with Crippen LogP contribution in [0.2, 0.25) is 0 Å². The van der Waals surface area contributed by atoms with Gasteiger partial charge in [0.25, 0.3) is 0 Å². The molecule has 1 aliphatic heterocycles. The molecular formula is C14H19BrF4N2O2. The minimum atomic E-state index is -4.72. The number of piperazine rings is 1.